The lowest BCUT2D eigenvalue weighted by Gasteiger charge is -2.34. The molecule has 0 aliphatic carbocycles. The maximum atomic E-state index is 12.7. The van der Waals surface area contributed by atoms with E-state index < -0.39 is 34.3 Å². The molecule has 0 unspecified atom stereocenters. The van der Waals surface area contributed by atoms with Gasteiger partial charge in [-0.3, -0.25) is 0 Å². The van der Waals surface area contributed by atoms with Crippen LogP contribution in [-0.2, 0) is 24.7 Å². The average molecular weight is 394 g/mol. The number of hydrogen-bond donors (Lipinski definition) is 1. The van der Waals surface area contributed by atoms with Crippen molar-refractivity contribution in [3.8, 4) is 0 Å². The average Bonchev–Trinajstić information content (AvgIpc) is 2.72. The van der Waals surface area contributed by atoms with Gasteiger partial charge in [-0.1, -0.05) is 46.9 Å². The molecule has 1 heterocycles. The first-order valence-corrected chi connectivity index (χ1v) is 8.08. The van der Waals surface area contributed by atoms with Gasteiger partial charge < -0.3 is 14.6 Å². The van der Waals surface area contributed by atoms with Gasteiger partial charge in [0.05, 0.1) is 5.03 Å². The highest BCUT2D eigenvalue weighted by Gasteiger charge is 2.55. The Morgan fingerprint density at radius 3 is 2.33 bits per heavy atom. The number of benzene rings is 1. The monoisotopic (exact) mass is 392 g/mol. The van der Waals surface area contributed by atoms with Crippen molar-refractivity contribution in [2.24, 2.45) is 0 Å². The highest BCUT2D eigenvalue weighted by atomic mass is 35.5. The molecular formula is C16H15Cl3O5. The summed E-state index contributed by atoms with van der Waals surface area (Å²) in [6.45, 7) is 4.90. The van der Waals surface area contributed by atoms with Crippen molar-refractivity contribution in [1.82, 2.24) is 0 Å². The summed E-state index contributed by atoms with van der Waals surface area (Å²) in [5.41, 5.74) is -3.24. The standard InChI is InChI=1S/C16H15Cl3O5/c1-15(2,3)24-14(21)16(22,8-5-4-6-9(17)7-8)12-10(18)11(19)13(20)23-12/h4-7,12,22H,1-3H3/t12-,16+/m1/s1. The third kappa shape index (κ3) is 3.54. The molecule has 0 radical (unpaired) electrons. The van der Waals surface area contributed by atoms with Crippen LogP contribution in [0.1, 0.15) is 26.3 Å². The molecule has 8 heteroatoms. The predicted molar refractivity (Wildman–Crippen MR) is 89.8 cm³/mol. The van der Waals surface area contributed by atoms with Gasteiger partial charge in [-0.25, -0.2) is 9.59 Å². The SMILES string of the molecule is CC(C)(C)OC(=O)[C@](O)(c1cccc(Cl)c1)[C@@H]1OC(=O)C(Cl)=C1Cl. The predicted octanol–water partition coefficient (Wildman–Crippen LogP) is 3.48. The van der Waals surface area contributed by atoms with E-state index in [1.165, 1.54) is 18.2 Å². The van der Waals surface area contributed by atoms with Gasteiger partial charge in [0.15, 0.2) is 6.10 Å². The minimum atomic E-state index is -2.40. The van der Waals surface area contributed by atoms with E-state index in [0.29, 0.717) is 0 Å². The Labute approximate surface area is 154 Å². The van der Waals surface area contributed by atoms with E-state index in [1.807, 2.05) is 0 Å². The number of aliphatic hydroxyl groups is 1. The number of rotatable bonds is 3. The van der Waals surface area contributed by atoms with Crippen LogP contribution in [0.3, 0.4) is 0 Å². The van der Waals surface area contributed by atoms with Crippen LogP contribution in [0, 0.1) is 0 Å². The largest absolute Gasteiger partial charge is 0.457 e. The van der Waals surface area contributed by atoms with Crippen LogP contribution in [0.5, 0.6) is 0 Å². The van der Waals surface area contributed by atoms with Gasteiger partial charge >= 0.3 is 11.9 Å². The lowest BCUT2D eigenvalue weighted by atomic mass is 9.87. The quantitative estimate of drug-likeness (QED) is 0.796. The maximum absolute atomic E-state index is 12.7. The maximum Gasteiger partial charge on any atom is 0.351 e. The van der Waals surface area contributed by atoms with E-state index in [1.54, 1.807) is 26.8 Å². The summed E-state index contributed by atoms with van der Waals surface area (Å²) in [5, 5.41) is 10.7. The van der Waals surface area contributed by atoms with E-state index in [-0.39, 0.29) is 15.6 Å². The fourth-order valence-electron chi connectivity index (χ4n) is 2.15. The number of carbonyl (C=O) groups excluding carboxylic acids is 2. The zero-order chi connectivity index (χ0) is 18.3. The van der Waals surface area contributed by atoms with Crippen LogP contribution in [0.2, 0.25) is 5.02 Å². The van der Waals surface area contributed by atoms with Crippen molar-refractivity contribution in [1.29, 1.82) is 0 Å². The molecule has 0 saturated heterocycles. The third-order valence-corrected chi connectivity index (χ3v) is 4.28. The molecule has 130 valence electrons. The lowest BCUT2D eigenvalue weighted by molar-refractivity contribution is -0.191. The molecule has 0 bridgehead atoms. The van der Waals surface area contributed by atoms with Crippen LogP contribution in [-0.4, -0.2) is 28.8 Å². The molecule has 1 aliphatic heterocycles. The topological polar surface area (TPSA) is 72.8 Å². The molecule has 1 N–H and O–H groups in total. The van der Waals surface area contributed by atoms with Crippen LogP contribution in [0.4, 0.5) is 0 Å². The first-order chi connectivity index (χ1) is 11.0. The second kappa shape index (κ2) is 6.56. The highest BCUT2D eigenvalue weighted by Crippen LogP contribution is 2.41. The summed E-state index contributed by atoms with van der Waals surface area (Å²) >= 11 is 17.7. The van der Waals surface area contributed by atoms with Crippen LogP contribution in [0.15, 0.2) is 34.3 Å². The Morgan fingerprint density at radius 1 is 1.25 bits per heavy atom. The number of carbonyl (C=O) groups is 2. The normalized spacial score (nSPS) is 20.6. The second-order valence-corrected chi connectivity index (χ2v) is 7.45. The first-order valence-electron chi connectivity index (χ1n) is 6.95. The fraction of sp³-hybridized carbons (Fsp3) is 0.375. The molecule has 0 fully saturated rings. The Hall–Kier alpha value is -1.27. The number of cyclic esters (lactones) is 1. The number of hydrogen-bond acceptors (Lipinski definition) is 5. The lowest BCUT2D eigenvalue weighted by Crippen LogP contribution is -2.50. The zero-order valence-corrected chi connectivity index (χ0v) is 15.4. The molecular weight excluding hydrogens is 379 g/mol. The number of esters is 2. The first kappa shape index (κ1) is 19.1. The van der Waals surface area contributed by atoms with E-state index >= 15 is 0 Å². The highest BCUT2D eigenvalue weighted by molar-refractivity contribution is 6.48. The fourth-order valence-corrected chi connectivity index (χ4v) is 2.76. The van der Waals surface area contributed by atoms with Gasteiger partial charge in [0, 0.05) is 10.6 Å². The summed E-state index contributed by atoms with van der Waals surface area (Å²) in [6, 6.07) is 5.89. The van der Waals surface area contributed by atoms with Crippen molar-refractivity contribution in [3.05, 3.63) is 44.9 Å². The van der Waals surface area contributed by atoms with Gasteiger partial charge in [-0.15, -0.1) is 0 Å². The van der Waals surface area contributed by atoms with Crippen molar-refractivity contribution < 1.29 is 24.2 Å². The summed E-state index contributed by atoms with van der Waals surface area (Å²) in [6.07, 6.45) is -1.53. The van der Waals surface area contributed by atoms with Crippen molar-refractivity contribution in [2.45, 2.75) is 38.1 Å². The molecule has 0 aromatic heterocycles. The molecule has 0 saturated carbocycles. The number of halogens is 3. The molecule has 2 rings (SSSR count). The molecule has 0 spiro atoms. The Bertz CT molecular complexity index is 723. The summed E-state index contributed by atoms with van der Waals surface area (Å²) in [4.78, 5) is 24.4. The van der Waals surface area contributed by atoms with Crippen molar-refractivity contribution in [3.63, 3.8) is 0 Å². The van der Waals surface area contributed by atoms with E-state index in [9.17, 15) is 14.7 Å². The van der Waals surface area contributed by atoms with Gasteiger partial charge in [-0.05, 0) is 32.9 Å². The smallest absolute Gasteiger partial charge is 0.351 e. The van der Waals surface area contributed by atoms with Crippen LogP contribution in [0.25, 0.3) is 0 Å². The Balaban J connectivity index is 2.58. The van der Waals surface area contributed by atoms with Crippen LogP contribution < -0.4 is 0 Å². The van der Waals surface area contributed by atoms with Crippen LogP contribution >= 0.6 is 34.8 Å². The number of ether oxygens (including phenoxy) is 2. The van der Waals surface area contributed by atoms with E-state index in [4.69, 9.17) is 44.3 Å². The molecule has 1 aliphatic rings. The zero-order valence-electron chi connectivity index (χ0n) is 13.1. The summed E-state index contributed by atoms with van der Waals surface area (Å²) in [7, 11) is 0. The molecule has 2 atom stereocenters. The minimum absolute atomic E-state index is 0.0616. The molecule has 0 amide bonds. The molecule has 5 nitrogen and oxygen atoms in total. The molecule has 1 aromatic rings. The van der Waals surface area contributed by atoms with Crippen molar-refractivity contribution >= 4 is 46.7 Å². The minimum Gasteiger partial charge on any atom is -0.457 e. The Kier molecular flexibility index (Phi) is 5.21. The van der Waals surface area contributed by atoms with Gasteiger partial charge in [0.1, 0.15) is 10.6 Å². The van der Waals surface area contributed by atoms with Crippen molar-refractivity contribution in [2.75, 3.05) is 0 Å². The molecule has 1 aromatic carbocycles. The third-order valence-electron chi connectivity index (χ3n) is 3.20. The Morgan fingerprint density at radius 2 is 1.88 bits per heavy atom. The van der Waals surface area contributed by atoms with E-state index in [2.05, 4.69) is 0 Å². The summed E-state index contributed by atoms with van der Waals surface area (Å²) in [5.74, 6) is -1.98. The second-order valence-electron chi connectivity index (χ2n) is 6.23. The van der Waals surface area contributed by atoms with Gasteiger partial charge in [-0.2, -0.15) is 0 Å². The van der Waals surface area contributed by atoms with E-state index in [0.717, 1.165) is 0 Å². The molecule has 24 heavy (non-hydrogen) atoms. The summed E-state index contributed by atoms with van der Waals surface area (Å²) < 4.78 is 10.3. The van der Waals surface area contributed by atoms with Gasteiger partial charge in [0.2, 0.25) is 5.60 Å². The van der Waals surface area contributed by atoms with Gasteiger partial charge in [0.25, 0.3) is 0 Å².